The molecule has 0 aromatic heterocycles. The van der Waals surface area contributed by atoms with Gasteiger partial charge in [-0.2, -0.15) is 0 Å². The standard InChI is InChI=1S/C51H36/c1-51(2)46-28-13-12-25-43(46)50-44(27-15-29-47(50)51)49-41-24-11-10-23-40(41)48(42-31-30-35(32-45(42)49)33-16-4-3-5-17-33)39-22-9-8-21-38(39)37-26-14-19-34-18-6-7-20-36(34)37/h3-32H,1-2H3. The summed E-state index contributed by atoms with van der Waals surface area (Å²) in [5, 5.41) is 7.60. The van der Waals surface area contributed by atoms with Crippen molar-refractivity contribution < 1.29 is 0 Å². The molecule has 0 radical (unpaired) electrons. The van der Waals surface area contributed by atoms with E-state index in [0.717, 1.165) is 0 Å². The van der Waals surface area contributed by atoms with E-state index in [1.807, 2.05) is 0 Å². The highest BCUT2D eigenvalue weighted by atomic mass is 14.4. The van der Waals surface area contributed by atoms with E-state index in [1.54, 1.807) is 0 Å². The fourth-order valence-electron chi connectivity index (χ4n) is 8.93. The predicted octanol–water partition coefficient (Wildman–Crippen LogP) is 14.1. The maximum Gasteiger partial charge on any atom is 0.0159 e. The van der Waals surface area contributed by atoms with Crippen LogP contribution in [0.1, 0.15) is 25.0 Å². The fourth-order valence-corrected chi connectivity index (χ4v) is 8.93. The van der Waals surface area contributed by atoms with Gasteiger partial charge in [0.05, 0.1) is 0 Å². The molecule has 0 N–H and O–H groups in total. The quantitative estimate of drug-likeness (QED) is 0.167. The lowest BCUT2D eigenvalue weighted by atomic mass is 9.80. The van der Waals surface area contributed by atoms with Crippen LogP contribution in [0.2, 0.25) is 0 Å². The molecule has 0 nitrogen and oxygen atoms in total. The van der Waals surface area contributed by atoms with Gasteiger partial charge in [0, 0.05) is 5.41 Å². The van der Waals surface area contributed by atoms with Crippen molar-refractivity contribution in [3.8, 4) is 55.6 Å². The smallest absolute Gasteiger partial charge is 0.0159 e. The molecule has 0 heterocycles. The third kappa shape index (κ3) is 4.46. The Balaban J connectivity index is 1.36. The molecule has 0 unspecified atom stereocenters. The van der Waals surface area contributed by atoms with Crippen LogP contribution in [0.15, 0.2) is 182 Å². The lowest BCUT2D eigenvalue weighted by Crippen LogP contribution is -2.14. The highest BCUT2D eigenvalue weighted by Crippen LogP contribution is 2.55. The molecule has 0 atom stereocenters. The van der Waals surface area contributed by atoms with Gasteiger partial charge in [0.1, 0.15) is 0 Å². The van der Waals surface area contributed by atoms with Crippen LogP contribution in [0.3, 0.4) is 0 Å². The number of hydrogen-bond donors (Lipinski definition) is 0. The van der Waals surface area contributed by atoms with Gasteiger partial charge in [0.25, 0.3) is 0 Å². The van der Waals surface area contributed by atoms with Crippen molar-refractivity contribution in [3.05, 3.63) is 193 Å². The van der Waals surface area contributed by atoms with Gasteiger partial charge in [-0.1, -0.05) is 190 Å². The topological polar surface area (TPSA) is 0 Å². The number of rotatable bonds is 4. The zero-order valence-corrected chi connectivity index (χ0v) is 28.8. The molecule has 51 heavy (non-hydrogen) atoms. The van der Waals surface area contributed by atoms with Crippen molar-refractivity contribution in [1.82, 2.24) is 0 Å². The molecule has 9 aromatic carbocycles. The molecular weight excluding hydrogens is 613 g/mol. The Kier molecular flexibility index (Phi) is 6.63. The average molecular weight is 649 g/mol. The Morgan fingerprint density at radius 2 is 0.824 bits per heavy atom. The van der Waals surface area contributed by atoms with Crippen LogP contribution in [-0.2, 0) is 5.41 Å². The first-order chi connectivity index (χ1) is 25.1. The van der Waals surface area contributed by atoms with Crippen molar-refractivity contribution in [2.45, 2.75) is 19.3 Å². The molecule has 0 heteroatoms. The lowest BCUT2D eigenvalue weighted by Gasteiger charge is -2.23. The minimum absolute atomic E-state index is 0.0833. The van der Waals surface area contributed by atoms with E-state index in [0.29, 0.717) is 0 Å². The number of benzene rings is 9. The molecular formula is C51H36. The Morgan fingerprint density at radius 1 is 0.294 bits per heavy atom. The molecule has 0 amide bonds. The summed E-state index contributed by atoms with van der Waals surface area (Å²) >= 11 is 0. The lowest BCUT2D eigenvalue weighted by molar-refractivity contribution is 0.660. The summed E-state index contributed by atoms with van der Waals surface area (Å²) in [6.45, 7) is 4.75. The molecule has 9 aromatic rings. The number of hydrogen-bond acceptors (Lipinski definition) is 0. The van der Waals surface area contributed by atoms with E-state index in [-0.39, 0.29) is 5.41 Å². The normalized spacial score (nSPS) is 13.1. The molecule has 0 fully saturated rings. The molecule has 1 aliphatic carbocycles. The van der Waals surface area contributed by atoms with Gasteiger partial charge in [-0.3, -0.25) is 0 Å². The second kappa shape index (κ2) is 11.4. The largest absolute Gasteiger partial charge is 0.0622 e. The van der Waals surface area contributed by atoms with Crippen LogP contribution in [0, 0.1) is 0 Å². The zero-order valence-electron chi connectivity index (χ0n) is 28.8. The van der Waals surface area contributed by atoms with Gasteiger partial charge >= 0.3 is 0 Å². The highest BCUT2D eigenvalue weighted by Gasteiger charge is 2.37. The van der Waals surface area contributed by atoms with Gasteiger partial charge < -0.3 is 0 Å². The van der Waals surface area contributed by atoms with Crippen LogP contribution in [0.25, 0.3) is 88.0 Å². The van der Waals surface area contributed by atoms with Gasteiger partial charge in [-0.15, -0.1) is 0 Å². The summed E-state index contributed by atoms with van der Waals surface area (Å²) in [6, 6.07) is 67.4. The van der Waals surface area contributed by atoms with Crippen molar-refractivity contribution in [2.75, 3.05) is 0 Å². The third-order valence-corrected chi connectivity index (χ3v) is 11.3. The molecule has 0 saturated heterocycles. The van der Waals surface area contributed by atoms with Gasteiger partial charge in [-0.25, -0.2) is 0 Å². The molecule has 10 rings (SSSR count). The molecule has 1 aliphatic rings. The fraction of sp³-hybridized carbons (Fsp3) is 0.0588. The van der Waals surface area contributed by atoms with E-state index in [2.05, 4.69) is 196 Å². The van der Waals surface area contributed by atoms with E-state index in [1.165, 1.54) is 99.1 Å². The Bertz CT molecular complexity index is 2810. The summed E-state index contributed by atoms with van der Waals surface area (Å²) in [4.78, 5) is 0. The molecule has 0 aliphatic heterocycles. The minimum atomic E-state index is -0.0833. The van der Waals surface area contributed by atoms with Gasteiger partial charge in [0.2, 0.25) is 0 Å². The second-order valence-corrected chi connectivity index (χ2v) is 14.4. The highest BCUT2D eigenvalue weighted by molar-refractivity contribution is 6.24. The maximum absolute atomic E-state index is 2.45. The monoisotopic (exact) mass is 648 g/mol. The Labute approximate surface area is 299 Å². The van der Waals surface area contributed by atoms with Gasteiger partial charge in [-0.05, 0) is 105 Å². The van der Waals surface area contributed by atoms with Crippen molar-refractivity contribution in [1.29, 1.82) is 0 Å². The summed E-state index contributed by atoms with van der Waals surface area (Å²) in [5.74, 6) is 0. The van der Waals surface area contributed by atoms with E-state index in [4.69, 9.17) is 0 Å². The summed E-state index contributed by atoms with van der Waals surface area (Å²) in [7, 11) is 0. The third-order valence-electron chi connectivity index (χ3n) is 11.3. The zero-order chi connectivity index (χ0) is 34.1. The van der Waals surface area contributed by atoms with E-state index in [9.17, 15) is 0 Å². The average Bonchev–Trinajstić information content (AvgIpc) is 3.43. The summed E-state index contributed by atoms with van der Waals surface area (Å²) < 4.78 is 0. The first-order valence-corrected chi connectivity index (χ1v) is 17.9. The maximum atomic E-state index is 2.45. The summed E-state index contributed by atoms with van der Waals surface area (Å²) in [6.07, 6.45) is 0. The SMILES string of the molecule is CC1(C)c2ccccc2-c2c(-c3c4ccccc4c(-c4ccccc4-c4cccc5ccccc45)c4ccc(-c5ccccc5)cc34)cccc21. The van der Waals surface area contributed by atoms with Crippen LogP contribution in [0.5, 0.6) is 0 Å². The molecule has 0 spiro atoms. The molecule has 240 valence electrons. The Morgan fingerprint density at radius 3 is 1.63 bits per heavy atom. The predicted molar refractivity (Wildman–Crippen MR) is 218 cm³/mol. The number of fused-ring (bicyclic) bond motifs is 6. The van der Waals surface area contributed by atoms with Crippen molar-refractivity contribution >= 4 is 32.3 Å². The Hall–Kier alpha value is -6.24. The van der Waals surface area contributed by atoms with Crippen molar-refractivity contribution in [3.63, 3.8) is 0 Å². The van der Waals surface area contributed by atoms with E-state index < -0.39 is 0 Å². The van der Waals surface area contributed by atoms with Crippen LogP contribution < -0.4 is 0 Å². The van der Waals surface area contributed by atoms with E-state index >= 15 is 0 Å². The molecule has 0 bridgehead atoms. The van der Waals surface area contributed by atoms with Gasteiger partial charge in [0.15, 0.2) is 0 Å². The van der Waals surface area contributed by atoms with Crippen LogP contribution in [-0.4, -0.2) is 0 Å². The minimum Gasteiger partial charge on any atom is -0.0622 e. The summed E-state index contributed by atoms with van der Waals surface area (Å²) in [5.41, 5.74) is 15.5. The molecule has 0 saturated carbocycles. The van der Waals surface area contributed by atoms with Crippen molar-refractivity contribution in [2.24, 2.45) is 0 Å². The van der Waals surface area contributed by atoms with Crippen LogP contribution >= 0.6 is 0 Å². The van der Waals surface area contributed by atoms with Crippen LogP contribution in [0.4, 0.5) is 0 Å². The first-order valence-electron chi connectivity index (χ1n) is 17.9. The second-order valence-electron chi connectivity index (χ2n) is 14.4. The first kappa shape index (κ1) is 29.7.